The van der Waals surface area contributed by atoms with E-state index in [0.717, 1.165) is 31.6 Å². The number of piperidine rings is 1. The van der Waals surface area contributed by atoms with Crippen LogP contribution in [0.2, 0.25) is 0 Å². The van der Waals surface area contributed by atoms with Crippen molar-refractivity contribution < 1.29 is 17.9 Å². The molecular weight excluding hydrogens is 418 g/mol. The number of nitrogens with one attached hydrogen (secondary N) is 1. The van der Waals surface area contributed by atoms with Crippen molar-refractivity contribution >= 4 is 15.8 Å². The highest BCUT2D eigenvalue weighted by Gasteiger charge is 2.26. The number of nitrogens with zero attached hydrogens (tertiary/aromatic N) is 4. The fourth-order valence-electron chi connectivity index (χ4n) is 3.72. The first kappa shape index (κ1) is 21.8. The minimum absolute atomic E-state index is 0.0899. The Hall–Kier alpha value is -2.43. The molecule has 2 aromatic rings. The van der Waals surface area contributed by atoms with Gasteiger partial charge in [-0.3, -0.25) is 0 Å². The molecule has 168 valence electrons. The molecule has 1 unspecified atom stereocenters. The van der Waals surface area contributed by atoms with Crippen molar-refractivity contribution in [2.45, 2.75) is 36.7 Å². The number of aromatic nitrogens is 2. The molecule has 31 heavy (non-hydrogen) atoms. The Morgan fingerprint density at radius 3 is 2.55 bits per heavy atom. The minimum Gasteiger partial charge on any atom is -0.486 e. The van der Waals surface area contributed by atoms with E-state index in [1.807, 2.05) is 25.1 Å². The maximum absolute atomic E-state index is 13.2. The van der Waals surface area contributed by atoms with Crippen LogP contribution in [0.3, 0.4) is 0 Å². The van der Waals surface area contributed by atoms with E-state index in [2.05, 4.69) is 10.3 Å². The summed E-state index contributed by atoms with van der Waals surface area (Å²) in [5.74, 6) is 2.48. The Labute approximate surface area is 183 Å². The second kappa shape index (κ2) is 8.97. The van der Waals surface area contributed by atoms with Crippen LogP contribution >= 0.6 is 0 Å². The highest BCUT2D eigenvalue weighted by Crippen LogP contribution is 2.33. The number of ether oxygens (including phenoxy) is 2. The molecule has 10 heteroatoms. The van der Waals surface area contributed by atoms with E-state index in [4.69, 9.17) is 14.5 Å². The quantitative estimate of drug-likeness (QED) is 0.718. The van der Waals surface area contributed by atoms with Crippen LogP contribution in [0, 0.1) is 0 Å². The second-order valence-corrected chi connectivity index (χ2v) is 10.1. The summed E-state index contributed by atoms with van der Waals surface area (Å²) < 4.78 is 38.7. The van der Waals surface area contributed by atoms with Crippen molar-refractivity contribution in [3.63, 3.8) is 0 Å². The van der Waals surface area contributed by atoms with E-state index < -0.39 is 10.0 Å². The molecule has 3 heterocycles. The first-order valence-corrected chi connectivity index (χ1v) is 11.9. The molecule has 9 nitrogen and oxygen atoms in total. The molecule has 0 radical (unpaired) electrons. The Morgan fingerprint density at radius 1 is 1.06 bits per heavy atom. The van der Waals surface area contributed by atoms with Gasteiger partial charge in [0.1, 0.15) is 24.9 Å². The number of benzene rings is 1. The van der Waals surface area contributed by atoms with Crippen LogP contribution in [-0.2, 0) is 16.6 Å². The number of rotatable bonds is 6. The molecule has 0 saturated carbocycles. The zero-order valence-electron chi connectivity index (χ0n) is 18.2. The summed E-state index contributed by atoms with van der Waals surface area (Å²) in [5, 5.41) is 3.47. The SMILES string of the molecule is CN(C)c1cc(CN(C)S(=O)(=O)c2ccc3c(c2)OCCO3)nc(C2CCCCN2)n1. The number of hydrogen-bond acceptors (Lipinski definition) is 8. The molecule has 0 bridgehead atoms. The van der Waals surface area contributed by atoms with Crippen molar-refractivity contribution in [3.05, 3.63) is 35.8 Å². The molecule has 1 aromatic heterocycles. The van der Waals surface area contributed by atoms with Gasteiger partial charge in [-0.05, 0) is 31.5 Å². The van der Waals surface area contributed by atoms with E-state index in [1.165, 1.54) is 10.4 Å². The molecule has 1 aromatic carbocycles. The standard InChI is InChI=1S/C21H29N5O4S/c1-25(2)20-12-15(23-21(24-20)17-6-4-5-9-22-17)14-26(3)31(27,28)16-7-8-18-19(13-16)30-11-10-29-18/h7-8,12-13,17,22H,4-6,9-11,14H2,1-3H3. The van der Waals surface area contributed by atoms with Crippen LogP contribution in [0.1, 0.15) is 36.8 Å². The Bertz CT molecular complexity index is 1040. The van der Waals surface area contributed by atoms with Gasteiger partial charge in [-0.2, -0.15) is 4.31 Å². The second-order valence-electron chi connectivity index (χ2n) is 8.04. The third kappa shape index (κ3) is 4.76. The van der Waals surface area contributed by atoms with Crippen molar-refractivity contribution in [3.8, 4) is 11.5 Å². The van der Waals surface area contributed by atoms with Gasteiger partial charge in [0.15, 0.2) is 11.5 Å². The fraction of sp³-hybridized carbons (Fsp3) is 0.524. The van der Waals surface area contributed by atoms with Crippen molar-refractivity contribution in [1.82, 2.24) is 19.6 Å². The molecule has 0 amide bonds. The average Bonchev–Trinajstić information content (AvgIpc) is 2.79. The molecule has 0 spiro atoms. The lowest BCUT2D eigenvalue weighted by Crippen LogP contribution is -2.30. The van der Waals surface area contributed by atoms with Gasteiger partial charge in [0.25, 0.3) is 0 Å². The van der Waals surface area contributed by atoms with Gasteiger partial charge in [-0.25, -0.2) is 18.4 Å². The third-order valence-electron chi connectivity index (χ3n) is 5.47. The van der Waals surface area contributed by atoms with Crippen LogP contribution in [0.15, 0.2) is 29.2 Å². The molecule has 1 N–H and O–H groups in total. The van der Waals surface area contributed by atoms with E-state index in [-0.39, 0.29) is 17.5 Å². The van der Waals surface area contributed by atoms with Crippen LogP contribution in [-0.4, -0.2) is 63.6 Å². The Balaban J connectivity index is 1.59. The van der Waals surface area contributed by atoms with E-state index >= 15 is 0 Å². The first-order chi connectivity index (χ1) is 14.8. The van der Waals surface area contributed by atoms with Crippen molar-refractivity contribution in [2.24, 2.45) is 0 Å². The van der Waals surface area contributed by atoms with Gasteiger partial charge < -0.3 is 19.7 Å². The summed E-state index contributed by atoms with van der Waals surface area (Å²) in [6.45, 7) is 1.94. The monoisotopic (exact) mass is 447 g/mol. The molecule has 2 aliphatic heterocycles. The molecule has 4 rings (SSSR count). The van der Waals surface area contributed by atoms with Gasteiger partial charge in [0.05, 0.1) is 23.2 Å². The normalized spacial score (nSPS) is 18.8. The van der Waals surface area contributed by atoms with Crippen molar-refractivity contribution in [2.75, 3.05) is 45.8 Å². The summed E-state index contributed by atoms with van der Waals surface area (Å²) in [6.07, 6.45) is 3.25. The van der Waals surface area contributed by atoms with Crippen LogP contribution in [0.25, 0.3) is 0 Å². The zero-order chi connectivity index (χ0) is 22.0. The van der Waals surface area contributed by atoms with Crippen LogP contribution in [0.4, 0.5) is 5.82 Å². The lowest BCUT2D eigenvalue weighted by Gasteiger charge is -2.25. The van der Waals surface area contributed by atoms with Crippen LogP contribution in [0.5, 0.6) is 11.5 Å². The maximum atomic E-state index is 13.2. The van der Waals surface area contributed by atoms with E-state index in [1.54, 1.807) is 19.2 Å². The van der Waals surface area contributed by atoms with Gasteiger partial charge in [0.2, 0.25) is 10.0 Å². The number of fused-ring (bicyclic) bond motifs is 1. The average molecular weight is 448 g/mol. The summed E-state index contributed by atoms with van der Waals surface area (Å²) >= 11 is 0. The minimum atomic E-state index is -3.73. The highest BCUT2D eigenvalue weighted by molar-refractivity contribution is 7.89. The zero-order valence-corrected chi connectivity index (χ0v) is 19.0. The lowest BCUT2D eigenvalue weighted by molar-refractivity contribution is 0.171. The van der Waals surface area contributed by atoms with Gasteiger partial charge >= 0.3 is 0 Å². The molecule has 1 fully saturated rings. The van der Waals surface area contributed by atoms with Gasteiger partial charge in [-0.15, -0.1) is 0 Å². The molecule has 1 atom stereocenters. The molecule has 0 aliphatic carbocycles. The predicted octanol–water partition coefficient (Wildman–Crippen LogP) is 1.95. The largest absolute Gasteiger partial charge is 0.486 e. The highest BCUT2D eigenvalue weighted by atomic mass is 32.2. The number of anilines is 1. The maximum Gasteiger partial charge on any atom is 0.243 e. The van der Waals surface area contributed by atoms with Crippen molar-refractivity contribution in [1.29, 1.82) is 0 Å². The topological polar surface area (TPSA) is 96.9 Å². The fourth-order valence-corrected chi connectivity index (χ4v) is 4.88. The summed E-state index contributed by atoms with van der Waals surface area (Å²) in [4.78, 5) is 11.5. The van der Waals surface area contributed by atoms with Gasteiger partial charge in [0, 0.05) is 33.3 Å². The third-order valence-corrected chi connectivity index (χ3v) is 7.27. The Morgan fingerprint density at radius 2 is 1.84 bits per heavy atom. The van der Waals surface area contributed by atoms with E-state index in [0.29, 0.717) is 36.2 Å². The Kier molecular flexibility index (Phi) is 6.31. The van der Waals surface area contributed by atoms with Gasteiger partial charge in [-0.1, -0.05) is 6.42 Å². The lowest BCUT2D eigenvalue weighted by atomic mass is 10.0. The van der Waals surface area contributed by atoms with E-state index in [9.17, 15) is 8.42 Å². The number of sulfonamides is 1. The number of hydrogen-bond donors (Lipinski definition) is 1. The molecule has 1 saturated heterocycles. The summed E-state index contributed by atoms with van der Waals surface area (Å²) in [5.41, 5.74) is 0.657. The first-order valence-electron chi connectivity index (χ1n) is 10.5. The van der Waals surface area contributed by atoms with Crippen LogP contribution < -0.4 is 19.7 Å². The predicted molar refractivity (Wildman–Crippen MR) is 117 cm³/mol. The summed E-state index contributed by atoms with van der Waals surface area (Å²) in [7, 11) is 1.66. The molecule has 2 aliphatic rings. The molecular formula is C21H29N5O4S. The summed E-state index contributed by atoms with van der Waals surface area (Å²) in [6, 6.07) is 6.62. The smallest absolute Gasteiger partial charge is 0.243 e.